The van der Waals surface area contributed by atoms with Crippen molar-refractivity contribution >= 4 is 62.2 Å². The highest BCUT2D eigenvalue weighted by molar-refractivity contribution is 9.10. The van der Waals surface area contributed by atoms with Crippen LogP contribution in [-0.4, -0.2) is 84.1 Å². The Morgan fingerprint density at radius 3 is 2.53 bits per heavy atom. The summed E-state index contributed by atoms with van der Waals surface area (Å²) in [5, 5.41) is 25.5. The normalized spacial score (nSPS) is 15.0. The number of carboxylic acids is 1. The first-order valence-corrected chi connectivity index (χ1v) is 13.5. The number of fused-ring (bicyclic) bond motifs is 1. The van der Waals surface area contributed by atoms with E-state index in [1.54, 1.807) is 18.3 Å². The third kappa shape index (κ3) is 10.1. The van der Waals surface area contributed by atoms with Gasteiger partial charge in [0, 0.05) is 21.0 Å². The van der Waals surface area contributed by atoms with Crippen LogP contribution in [0.5, 0.6) is 0 Å². The largest absolute Gasteiger partial charge is 0.490 e. The van der Waals surface area contributed by atoms with Crippen molar-refractivity contribution in [1.29, 1.82) is 0 Å². The van der Waals surface area contributed by atoms with Gasteiger partial charge in [0.1, 0.15) is 12.0 Å². The number of nitrogens with zero attached hydrogens (tertiary/aromatic N) is 2. The number of guanidine groups is 1. The molecule has 13 nitrogen and oxygen atoms in total. The van der Waals surface area contributed by atoms with E-state index in [1.165, 1.54) is 25.3 Å². The molecule has 0 aliphatic carbocycles. The average molecular weight is 706 g/mol. The number of carbonyl (C=O) groups excluding carboxylic acids is 3. The van der Waals surface area contributed by atoms with Crippen LogP contribution < -0.4 is 21.3 Å². The van der Waals surface area contributed by atoms with Crippen LogP contribution in [0.3, 0.4) is 0 Å². The smallest absolute Gasteiger partial charge is 0.475 e. The number of nitrogens with one attached hydrogen (secondary N) is 5. The molecule has 3 aromatic rings. The summed E-state index contributed by atoms with van der Waals surface area (Å²) in [7, 11) is 1.19. The fraction of sp³-hybridized carbons (Fsp3) is 0.308. The number of aliphatic carboxylic acids is 1. The minimum Gasteiger partial charge on any atom is -0.475 e. The minimum atomic E-state index is -5.08. The molecule has 0 saturated carbocycles. The lowest BCUT2D eigenvalue weighted by atomic mass is 10.0. The van der Waals surface area contributed by atoms with Crippen LogP contribution in [0.2, 0.25) is 0 Å². The second-order valence-corrected chi connectivity index (χ2v) is 10.1. The molecule has 1 aromatic heterocycles. The number of aromatic amines is 1. The van der Waals surface area contributed by atoms with Crippen LogP contribution in [0.1, 0.15) is 28.4 Å². The highest BCUT2D eigenvalue weighted by Gasteiger charge is 2.38. The summed E-state index contributed by atoms with van der Waals surface area (Å²) >= 11 is 3.25. The van der Waals surface area contributed by atoms with Crippen LogP contribution in [0.15, 0.2) is 46.0 Å². The first-order valence-electron chi connectivity index (χ1n) is 12.7. The molecule has 4 rings (SSSR count). The van der Waals surface area contributed by atoms with E-state index in [9.17, 15) is 36.3 Å². The van der Waals surface area contributed by atoms with Gasteiger partial charge in [-0.3, -0.25) is 19.5 Å². The van der Waals surface area contributed by atoms with Gasteiger partial charge in [0.25, 0.3) is 5.91 Å². The molecular formula is C26H25BrF5N7O6. The van der Waals surface area contributed by atoms with Gasteiger partial charge >= 0.3 is 18.1 Å². The van der Waals surface area contributed by atoms with Crippen molar-refractivity contribution in [3.63, 3.8) is 0 Å². The Kier molecular flexibility index (Phi) is 11.8. The van der Waals surface area contributed by atoms with E-state index in [0.717, 1.165) is 0 Å². The molecule has 45 heavy (non-hydrogen) atoms. The molecule has 1 aliphatic heterocycles. The summed E-state index contributed by atoms with van der Waals surface area (Å²) in [6.45, 7) is -0.321. The number of methoxy groups -OCH3 is 1. The Morgan fingerprint density at radius 1 is 1.20 bits per heavy atom. The van der Waals surface area contributed by atoms with Gasteiger partial charge in [0.2, 0.25) is 5.91 Å². The zero-order valence-electron chi connectivity index (χ0n) is 23.1. The van der Waals surface area contributed by atoms with Gasteiger partial charge in [-0.15, -0.1) is 0 Å². The molecule has 0 saturated heterocycles. The number of carbonyl (C=O) groups is 4. The summed E-state index contributed by atoms with van der Waals surface area (Å²) in [5.74, 6) is -4.87. The molecule has 19 heteroatoms. The number of H-pyrrole nitrogens is 1. The van der Waals surface area contributed by atoms with Crippen molar-refractivity contribution in [2.75, 3.05) is 32.1 Å². The number of carboxylic acid groups (broad SMARTS) is 1. The fourth-order valence-corrected chi connectivity index (χ4v) is 4.17. The van der Waals surface area contributed by atoms with Crippen molar-refractivity contribution in [1.82, 2.24) is 26.1 Å². The van der Waals surface area contributed by atoms with E-state index in [0.29, 0.717) is 27.0 Å². The molecule has 1 unspecified atom stereocenters. The van der Waals surface area contributed by atoms with Crippen molar-refractivity contribution in [3.8, 4) is 0 Å². The van der Waals surface area contributed by atoms with E-state index in [-0.39, 0.29) is 30.6 Å². The number of rotatable bonds is 8. The summed E-state index contributed by atoms with van der Waals surface area (Å²) < 4.78 is 64.8. The summed E-state index contributed by atoms with van der Waals surface area (Å²) in [6.07, 6.45) is -4.91. The monoisotopic (exact) mass is 705 g/mol. The Labute approximate surface area is 259 Å². The molecule has 0 fully saturated rings. The number of ether oxygens (including phenoxy) is 1. The van der Waals surface area contributed by atoms with Gasteiger partial charge < -0.3 is 31.1 Å². The van der Waals surface area contributed by atoms with Gasteiger partial charge in [-0.2, -0.15) is 18.3 Å². The molecule has 2 amide bonds. The van der Waals surface area contributed by atoms with Gasteiger partial charge in [-0.25, -0.2) is 18.6 Å². The Bertz CT molecular complexity index is 1600. The molecule has 0 spiro atoms. The predicted molar refractivity (Wildman–Crippen MR) is 153 cm³/mol. The molecule has 6 N–H and O–H groups in total. The second kappa shape index (κ2) is 15.3. The lowest BCUT2D eigenvalue weighted by molar-refractivity contribution is -0.192. The lowest BCUT2D eigenvalue weighted by Gasteiger charge is -2.20. The highest BCUT2D eigenvalue weighted by Crippen LogP contribution is 2.26. The van der Waals surface area contributed by atoms with Crippen molar-refractivity contribution in [2.24, 2.45) is 4.99 Å². The van der Waals surface area contributed by atoms with E-state index >= 15 is 0 Å². The molecule has 2 aromatic carbocycles. The number of anilines is 1. The van der Waals surface area contributed by atoms with Gasteiger partial charge in [-0.05, 0) is 30.3 Å². The minimum absolute atomic E-state index is 0.0138. The van der Waals surface area contributed by atoms with E-state index < -0.39 is 54.5 Å². The number of hydrogen-bond donors (Lipinski definition) is 6. The van der Waals surface area contributed by atoms with Crippen molar-refractivity contribution < 1.29 is 51.0 Å². The summed E-state index contributed by atoms with van der Waals surface area (Å²) in [6, 6.07) is 6.24. The van der Waals surface area contributed by atoms with Crippen LogP contribution in [-0.2, 0) is 19.1 Å². The van der Waals surface area contributed by atoms with E-state index in [4.69, 9.17) is 9.90 Å². The van der Waals surface area contributed by atoms with Gasteiger partial charge in [-0.1, -0.05) is 15.9 Å². The number of hydrogen-bond acceptors (Lipinski definition) is 9. The second-order valence-electron chi connectivity index (χ2n) is 9.20. The Morgan fingerprint density at radius 2 is 1.91 bits per heavy atom. The number of aliphatic imine (C=N–C) groups is 1. The molecule has 2 heterocycles. The van der Waals surface area contributed by atoms with Crippen molar-refractivity contribution in [3.05, 3.63) is 57.9 Å². The SMILES string of the molecule is COC(=O)C[C@H](NC(=O)CNC(=O)c1cc(NC2=NCC(F)CN2)c2cn[nH]c2c1)c1cc(Br)ccc1F.O=C(O)C(F)(F)F. The van der Waals surface area contributed by atoms with Crippen LogP contribution in [0.4, 0.5) is 27.6 Å². The third-order valence-electron chi connectivity index (χ3n) is 5.93. The van der Waals surface area contributed by atoms with Crippen LogP contribution in [0.25, 0.3) is 10.9 Å². The van der Waals surface area contributed by atoms with Gasteiger partial charge in [0.15, 0.2) is 5.96 Å². The maximum Gasteiger partial charge on any atom is 0.490 e. The molecular weight excluding hydrogens is 681 g/mol. The number of halogens is 6. The zero-order valence-corrected chi connectivity index (χ0v) is 24.7. The molecule has 2 atom stereocenters. The van der Waals surface area contributed by atoms with E-state index in [2.05, 4.69) is 57.1 Å². The maximum atomic E-state index is 14.4. The Balaban J connectivity index is 0.000000707. The number of esters is 1. The number of amides is 2. The van der Waals surface area contributed by atoms with Crippen LogP contribution >= 0.6 is 15.9 Å². The van der Waals surface area contributed by atoms with E-state index in [1.807, 2.05) is 0 Å². The number of aromatic nitrogens is 2. The molecule has 0 radical (unpaired) electrons. The average Bonchev–Trinajstić information content (AvgIpc) is 3.47. The molecule has 242 valence electrons. The fourth-order valence-electron chi connectivity index (χ4n) is 3.79. The number of benzene rings is 2. The summed E-state index contributed by atoms with van der Waals surface area (Å²) in [5.41, 5.74) is 1.34. The standard InChI is InChI=1S/C24H24BrF2N7O4.C2HF3O2/c1-38-22(36)7-19(15-6-13(25)2-3-17(15)27)32-21(35)11-28-23(37)12-4-18(16-10-31-34-20(16)5-12)33-24-29-8-14(26)9-30-24;3-2(4,5)1(6)7/h2-6,10,14,19H,7-9,11H2,1H3,(H,28,37)(H,31,34)(H,32,35)(H2,29,30,33);(H,6,7)/t19-;/m0./s1. The third-order valence-corrected chi connectivity index (χ3v) is 6.42. The predicted octanol–water partition coefficient (Wildman–Crippen LogP) is 2.96. The first-order chi connectivity index (χ1) is 21.2. The highest BCUT2D eigenvalue weighted by atomic mass is 79.9. The zero-order chi connectivity index (χ0) is 33.3. The number of alkyl halides is 4. The molecule has 1 aliphatic rings. The van der Waals surface area contributed by atoms with Gasteiger partial charge in [0.05, 0.1) is 56.6 Å². The lowest BCUT2D eigenvalue weighted by Crippen LogP contribution is -2.41. The van der Waals surface area contributed by atoms with Crippen LogP contribution in [0, 0.1) is 5.82 Å². The Hall–Kier alpha value is -4.81. The quantitative estimate of drug-likeness (QED) is 0.151. The topological polar surface area (TPSA) is 187 Å². The summed E-state index contributed by atoms with van der Waals surface area (Å²) in [4.78, 5) is 50.4. The first kappa shape index (κ1) is 34.7. The van der Waals surface area contributed by atoms with Crippen molar-refractivity contribution in [2.45, 2.75) is 24.8 Å². The molecule has 0 bridgehead atoms. The maximum absolute atomic E-state index is 14.4.